The first kappa shape index (κ1) is 12.9. The van der Waals surface area contributed by atoms with E-state index in [9.17, 15) is 4.79 Å². The van der Waals surface area contributed by atoms with Crippen molar-refractivity contribution in [1.29, 1.82) is 0 Å². The second-order valence-electron chi connectivity index (χ2n) is 5.30. The van der Waals surface area contributed by atoms with Crippen LogP contribution < -0.4 is 5.73 Å². The Morgan fingerprint density at radius 2 is 1.88 bits per heavy atom. The third-order valence-corrected chi connectivity index (χ3v) is 2.63. The Bertz CT molecular complexity index is 388. The maximum Gasteiger partial charge on any atom is 0.139 e. The van der Waals surface area contributed by atoms with Crippen molar-refractivity contribution in [2.45, 2.75) is 46.1 Å². The first-order valence-corrected chi connectivity index (χ1v) is 5.65. The van der Waals surface area contributed by atoms with E-state index in [0.29, 0.717) is 12.8 Å². The Kier molecular flexibility index (Phi) is 3.87. The Morgan fingerprint density at radius 3 is 2.38 bits per heavy atom. The van der Waals surface area contributed by atoms with Gasteiger partial charge in [-0.1, -0.05) is 18.2 Å². The monoisotopic (exact) mass is 219 g/mol. The summed E-state index contributed by atoms with van der Waals surface area (Å²) >= 11 is 0. The summed E-state index contributed by atoms with van der Waals surface area (Å²) in [6.45, 7) is 7.90. The third-order valence-electron chi connectivity index (χ3n) is 2.63. The zero-order valence-electron chi connectivity index (χ0n) is 10.6. The van der Waals surface area contributed by atoms with Gasteiger partial charge in [-0.3, -0.25) is 4.79 Å². The van der Waals surface area contributed by atoms with Gasteiger partial charge in [-0.25, -0.2) is 0 Å². The molecule has 16 heavy (non-hydrogen) atoms. The van der Waals surface area contributed by atoms with Crippen LogP contribution in [-0.4, -0.2) is 11.3 Å². The van der Waals surface area contributed by atoms with E-state index in [4.69, 9.17) is 5.73 Å². The molecule has 2 N–H and O–H groups in total. The van der Waals surface area contributed by atoms with Crippen molar-refractivity contribution in [3.63, 3.8) is 0 Å². The summed E-state index contributed by atoms with van der Waals surface area (Å²) in [7, 11) is 0. The zero-order chi connectivity index (χ0) is 12.3. The first-order valence-electron chi connectivity index (χ1n) is 5.65. The molecule has 0 saturated heterocycles. The first-order chi connectivity index (χ1) is 7.28. The van der Waals surface area contributed by atoms with Crippen LogP contribution in [0.2, 0.25) is 0 Å². The van der Waals surface area contributed by atoms with Gasteiger partial charge in [-0.2, -0.15) is 0 Å². The molecule has 0 amide bonds. The minimum absolute atomic E-state index is 0.204. The van der Waals surface area contributed by atoms with Crippen LogP contribution in [0.15, 0.2) is 18.2 Å². The van der Waals surface area contributed by atoms with Crippen molar-refractivity contribution in [3.05, 3.63) is 34.9 Å². The van der Waals surface area contributed by atoms with E-state index in [1.54, 1.807) is 0 Å². The van der Waals surface area contributed by atoms with E-state index in [-0.39, 0.29) is 5.78 Å². The van der Waals surface area contributed by atoms with Gasteiger partial charge in [-0.15, -0.1) is 0 Å². The molecule has 0 bridgehead atoms. The van der Waals surface area contributed by atoms with Crippen molar-refractivity contribution < 1.29 is 4.79 Å². The maximum absolute atomic E-state index is 11.7. The molecule has 0 fully saturated rings. The third kappa shape index (κ3) is 4.15. The minimum atomic E-state index is -0.406. The van der Waals surface area contributed by atoms with E-state index in [1.165, 1.54) is 11.1 Å². The molecule has 1 aromatic carbocycles. The van der Waals surface area contributed by atoms with Crippen LogP contribution in [0.3, 0.4) is 0 Å². The number of nitrogens with two attached hydrogens (primary N) is 1. The van der Waals surface area contributed by atoms with Gasteiger partial charge < -0.3 is 5.73 Å². The molecule has 0 aliphatic carbocycles. The summed E-state index contributed by atoms with van der Waals surface area (Å²) < 4.78 is 0. The zero-order valence-corrected chi connectivity index (χ0v) is 10.6. The van der Waals surface area contributed by atoms with Crippen molar-refractivity contribution >= 4 is 5.78 Å². The number of hydrogen-bond donors (Lipinski definition) is 1. The van der Waals surface area contributed by atoms with Crippen molar-refractivity contribution in [2.75, 3.05) is 0 Å². The Morgan fingerprint density at radius 1 is 1.25 bits per heavy atom. The normalized spacial score (nSPS) is 11.6. The van der Waals surface area contributed by atoms with E-state index in [1.807, 2.05) is 19.9 Å². The molecule has 0 spiro atoms. The number of ketones is 1. The van der Waals surface area contributed by atoms with E-state index in [0.717, 1.165) is 5.56 Å². The molecule has 0 heterocycles. The highest BCUT2D eigenvalue weighted by Gasteiger charge is 2.16. The molecular formula is C14H21NO. The lowest BCUT2D eigenvalue weighted by atomic mass is 9.94. The molecule has 1 aromatic rings. The molecule has 1 rings (SSSR count). The average Bonchev–Trinajstić information content (AvgIpc) is 2.08. The van der Waals surface area contributed by atoms with Crippen LogP contribution in [0.1, 0.15) is 37.0 Å². The van der Waals surface area contributed by atoms with Crippen LogP contribution in [0.5, 0.6) is 0 Å². The number of hydrogen-bond acceptors (Lipinski definition) is 2. The lowest BCUT2D eigenvalue weighted by Gasteiger charge is -2.17. The Hall–Kier alpha value is -1.15. The lowest BCUT2D eigenvalue weighted by Crippen LogP contribution is -2.35. The molecule has 88 valence electrons. The van der Waals surface area contributed by atoms with Crippen molar-refractivity contribution in [2.24, 2.45) is 5.73 Å². The van der Waals surface area contributed by atoms with Gasteiger partial charge in [0.2, 0.25) is 0 Å². The second-order valence-corrected chi connectivity index (χ2v) is 5.30. The number of benzene rings is 1. The smallest absolute Gasteiger partial charge is 0.139 e. The maximum atomic E-state index is 11.7. The lowest BCUT2D eigenvalue weighted by molar-refractivity contribution is -0.119. The van der Waals surface area contributed by atoms with Crippen LogP contribution in [-0.2, 0) is 11.2 Å². The number of aryl methyl sites for hydroxylation is 2. The summed E-state index contributed by atoms with van der Waals surface area (Å²) in [5, 5.41) is 0. The molecule has 2 heteroatoms. The van der Waals surface area contributed by atoms with Crippen molar-refractivity contribution in [1.82, 2.24) is 0 Å². The summed E-state index contributed by atoms with van der Waals surface area (Å²) in [6.07, 6.45) is 0.918. The molecule has 0 atom stereocenters. The van der Waals surface area contributed by atoms with Gasteiger partial charge in [0.05, 0.1) is 0 Å². The van der Waals surface area contributed by atoms with Gasteiger partial charge >= 0.3 is 0 Å². The Labute approximate surface area is 97.9 Å². The fourth-order valence-corrected chi connectivity index (χ4v) is 1.71. The van der Waals surface area contributed by atoms with Gasteiger partial charge in [0, 0.05) is 18.4 Å². The molecule has 0 saturated carbocycles. The fraction of sp³-hybridized carbons (Fsp3) is 0.500. The fourth-order valence-electron chi connectivity index (χ4n) is 1.71. The van der Waals surface area contributed by atoms with Crippen molar-refractivity contribution in [3.8, 4) is 0 Å². The summed E-state index contributed by atoms with van der Waals surface area (Å²) in [5.41, 5.74) is 8.99. The van der Waals surface area contributed by atoms with E-state index < -0.39 is 5.54 Å². The quantitative estimate of drug-likeness (QED) is 0.845. The highest BCUT2D eigenvalue weighted by molar-refractivity contribution is 5.81. The highest BCUT2D eigenvalue weighted by Crippen LogP contribution is 2.13. The largest absolute Gasteiger partial charge is 0.325 e. The number of carbonyl (C=O) groups excluding carboxylic acids is 1. The van der Waals surface area contributed by atoms with E-state index in [2.05, 4.69) is 26.0 Å². The molecule has 0 radical (unpaired) electrons. The van der Waals surface area contributed by atoms with Crippen LogP contribution >= 0.6 is 0 Å². The second kappa shape index (κ2) is 4.79. The molecule has 0 unspecified atom stereocenters. The van der Waals surface area contributed by atoms with Crippen LogP contribution in [0.4, 0.5) is 0 Å². The van der Waals surface area contributed by atoms with Gasteiger partial charge in [0.1, 0.15) is 5.78 Å². The average molecular weight is 219 g/mol. The molecule has 0 aliphatic heterocycles. The standard InChI is InChI=1S/C14H21NO/c1-10-5-6-12(7-11(10)2)8-13(16)9-14(3,4)15/h5-7H,8-9,15H2,1-4H3. The minimum Gasteiger partial charge on any atom is -0.325 e. The SMILES string of the molecule is Cc1ccc(CC(=O)CC(C)(C)N)cc1C. The topological polar surface area (TPSA) is 43.1 Å². The Balaban J connectivity index is 2.67. The summed E-state index contributed by atoms with van der Waals surface area (Å²) in [4.78, 5) is 11.7. The van der Waals surface area contributed by atoms with Gasteiger partial charge in [0.15, 0.2) is 0 Å². The molecular weight excluding hydrogens is 198 g/mol. The van der Waals surface area contributed by atoms with Crippen LogP contribution in [0, 0.1) is 13.8 Å². The molecule has 2 nitrogen and oxygen atoms in total. The number of rotatable bonds is 4. The predicted octanol–water partition coefficient (Wildman–Crippen LogP) is 2.54. The highest BCUT2D eigenvalue weighted by atomic mass is 16.1. The predicted molar refractivity (Wildman–Crippen MR) is 67.5 cm³/mol. The van der Waals surface area contributed by atoms with Gasteiger partial charge in [-0.05, 0) is 44.4 Å². The number of Topliss-reactive ketones (excluding diaryl/α,β-unsaturated/α-hetero) is 1. The van der Waals surface area contributed by atoms with Gasteiger partial charge in [0.25, 0.3) is 0 Å². The van der Waals surface area contributed by atoms with Crippen LogP contribution in [0.25, 0.3) is 0 Å². The summed E-state index contributed by atoms with van der Waals surface area (Å²) in [6, 6.07) is 6.16. The number of carbonyl (C=O) groups is 1. The molecule has 0 aromatic heterocycles. The molecule has 0 aliphatic rings. The summed E-state index contributed by atoms with van der Waals surface area (Å²) in [5.74, 6) is 0.204. The van der Waals surface area contributed by atoms with E-state index >= 15 is 0 Å².